The van der Waals surface area contributed by atoms with Crippen molar-refractivity contribution in [2.45, 2.75) is 70.4 Å². The van der Waals surface area contributed by atoms with Gasteiger partial charge in [-0.05, 0) is 19.8 Å². The molecule has 3 nitrogen and oxygen atoms in total. The molecular formula is C12H24N2O. The molecule has 0 aromatic heterocycles. The fraction of sp³-hybridized carbons (Fsp3) is 0.917. The first-order chi connectivity index (χ1) is 7.18. The summed E-state index contributed by atoms with van der Waals surface area (Å²) < 4.78 is 0. The minimum Gasteiger partial charge on any atom is -0.370 e. The van der Waals surface area contributed by atoms with Gasteiger partial charge in [0, 0.05) is 18.5 Å². The van der Waals surface area contributed by atoms with E-state index in [-0.39, 0.29) is 11.9 Å². The van der Waals surface area contributed by atoms with Crippen LogP contribution in [-0.4, -0.2) is 18.0 Å². The van der Waals surface area contributed by atoms with E-state index in [4.69, 9.17) is 5.73 Å². The standard InChI is InChI=1S/C12H24N2O/c1-10(9-12(13)15)14-11-7-5-3-2-4-6-8-11/h10-11,14H,2-9H2,1H3,(H2,13,15). The SMILES string of the molecule is CC(CC(N)=O)NC1CCCCCCC1. The van der Waals surface area contributed by atoms with Crippen LogP contribution in [0.25, 0.3) is 0 Å². The molecule has 1 fully saturated rings. The zero-order chi connectivity index (χ0) is 11.1. The zero-order valence-corrected chi connectivity index (χ0v) is 9.80. The van der Waals surface area contributed by atoms with Crippen LogP contribution in [-0.2, 0) is 4.79 Å². The molecule has 15 heavy (non-hydrogen) atoms. The van der Waals surface area contributed by atoms with Crippen molar-refractivity contribution in [3.8, 4) is 0 Å². The van der Waals surface area contributed by atoms with Crippen LogP contribution in [0.2, 0.25) is 0 Å². The Morgan fingerprint density at radius 1 is 1.27 bits per heavy atom. The lowest BCUT2D eigenvalue weighted by Gasteiger charge is -2.24. The Morgan fingerprint density at radius 3 is 2.33 bits per heavy atom. The molecule has 1 amide bonds. The minimum atomic E-state index is -0.208. The third kappa shape index (κ3) is 5.78. The van der Waals surface area contributed by atoms with Gasteiger partial charge in [0.2, 0.25) is 5.91 Å². The number of primary amides is 1. The molecule has 3 heteroatoms. The second-order valence-corrected chi connectivity index (χ2v) is 4.78. The average molecular weight is 212 g/mol. The Labute approximate surface area is 92.8 Å². The van der Waals surface area contributed by atoms with Crippen LogP contribution in [0, 0.1) is 0 Å². The summed E-state index contributed by atoms with van der Waals surface area (Å²) in [6.07, 6.45) is 9.72. The molecule has 1 aliphatic carbocycles. The molecule has 1 atom stereocenters. The number of carbonyl (C=O) groups excluding carboxylic acids is 1. The Bertz CT molecular complexity index is 186. The molecule has 0 aromatic rings. The number of nitrogens with one attached hydrogen (secondary N) is 1. The molecule has 1 saturated carbocycles. The topological polar surface area (TPSA) is 55.1 Å². The van der Waals surface area contributed by atoms with E-state index < -0.39 is 0 Å². The molecule has 0 aliphatic heterocycles. The summed E-state index contributed by atoms with van der Waals surface area (Å²) in [5, 5.41) is 3.52. The van der Waals surface area contributed by atoms with Gasteiger partial charge < -0.3 is 11.1 Å². The number of rotatable bonds is 4. The van der Waals surface area contributed by atoms with Crippen LogP contribution in [0.4, 0.5) is 0 Å². The number of hydrogen-bond acceptors (Lipinski definition) is 2. The highest BCUT2D eigenvalue weighted by Crippen LogP contribution is 2.17. The van der Waals surface area contributed by atoms with E-state index in [1.807, 2.05) is 6.92 Å². The second-order valence-electron chi connectivity index (χ2n) is 4.78. The van der Waals surface area contributed by atoms with E-state index in [0.717, 1.165) is 0 Å². The maximum absolute atomic E-state index is 10.8. The Hall–Kier alpha value is -0.570. The lowest BCUT2D eigenvalue weighted by Crippen LogP contribution is -2.39. The highest BCUT2D eigenvalue weighted by atomic mass is 16.1. The van der Waals surface area contributed by atoms with E-state index in [9.17, 15) is 4.79 Å². The van der Waals surface area contributed by atoms with Crippen LogP contribution in [0.3, 0.4) is 0 Å². The summed E-state index contributed by atoms with van der Waals surface area (Å²) in [4.78, 5) is 10.8. The van der Waals surface area contributed by atoms with Crippen molar-refractivity contribution in [2.24, 2.45) is 5.73 Å². The van der Waals surface area contributed by atoms with Crippen molar-refractivity contribution in [1.29, 1.82) is 0 Å². The third-order valence-electron chi connectivity index (χ3n) is 3.13. The van der Waals surface area contributed by atoms with Gasteiger partial charge in [-0.2, -0.15) is 0 Å². The molecule has 0 aromatic carbocycles. The lowest BCUT2D eigenvalue weighted by molar-refractivity contribution is -0.118. The lowest BCUT2D eigenvalue weighted by atomic mass is 9.96. The van der Waals surface area contributed by atoms with Crippen LogP contribution < -0.4 is 11.1 Å². The molecular weight excluding hydrogens is 188 g/mol. The number of amides is 1. The zero-order valence-electron chi connectivity index (χ0n) is 9.80. The van der Waals surface area contributed by atoms with Gasteiger partial charge in [0.05, 0.1) is 0 Å². The third-order valence-corrected chi connectivity index (χ3v) is 3.13. The molecule has 1 rings (SSSR count). The van der Waals surface area contributed by atoms with Gasteiger partial charge in [0.1, 0.15) is 0 Å². The maximum atomic E-state index is 10.8. The van der Waals surface area contributed by atoms with Crippen molar-refractivity contribution < 1.29 is 4.79 Å². The molecule has 0 heterocycles. The van der Waals surface area contributed by atoms with Crippen LogP contribution in [0.15, 0.2) is 0 Å². The van der Waals surface area contributed by atoms with E-state index in [2.05, 4.69) is 5.32 Å². The molecule has 0 radical (unpaired) electrons. The van der Waals surface area contributed by atoms with Crippen molar-refractivity contribution in [1.82, 2.24) is 5.32 Å². The Kier molecular flexibility index (Phi) is 5.69. The van der Waals surface area contributed by atoms with Gasteiger partial charge in [-0.3, -0.25) is 4.79 Å². The predicted octanol–water partition coefficient (Wildman–Crippen LogP) is 1.95. The average Bonchev–Trinajstić information content (AvgIpc) is 2.08. The summed E-state index contributed by atoms with van der Waals surface area (Å²) in [6.45, 7) is 2.05. The van der Waals surface area contributed by atoms with Gasteiger partial charge in [-0.25, -0.2) is 0 Å². The molecule has 1 unspecified atom stereocenters. The van der Waals surface area contributed by atoms with E-state index in [1.165, 1.54) is 44.9 Å². The molecule has 88 valence electrons. The summed E-state index contributed by atoms with van der Waals surface area (Å²) in [5.74, 6) is -0.208. The predicted molar refractivity (Wildman–Crippen MR) is 62.5 cm³/mol. The number of nitrogens with two attached hydrogens (primary N) is 1. The van der Waals surface area contributed by atoms with Gasteiger partial charge in [-0.1, -0.05) is 32.1 Å². The smallest absolute Gasteiger partial charge is 0.218 e. The van der Waals surface area contributed by atoms with Crippen molar-refractivity contribution in [3.05, 3.63) is 0 Å². The van der Waals surface area contributed by atoms with Crippen molar-refractivity contribution in [3.63, 3.8) is 0 Å². The van der Waals surface area contributed by atoms with E-state index in [1.54, 1.807) is 0 Å². The molecule has 0 spiro atoms. The summed E-state index contributed by atoms with van der Waals surface area (Å²) in [6, 6.07) is 0.826. The summed E-state index contributed by atoms with van der Waals surface area (Å²) >= 11 is 0. The summed E-state index contributed by atoms with van der Waals surface area (Å²) in [7, 11) is 0. The molecule has 0 saturated heterocycles. The Balaban J connectivity index is 2.24. The van der Waals surface area contributed by atoms with E-state index >= 15 is 0 Å². The van der Waals surface area contributed by atoms with Gasteiger partial charge >= 0.3 is 0 Å². The van der Waals surface area contributed by atoms with Crippen molar-refractivity contribution >= 4 is 5.91 Å². The molecule has 1 aliphatic rings. The maximum Gasteiger partial charge on any atom is 0.218 e. The Morgan fingerprint density at radius 2 is 1.80 bits per heavy atom. The van der Waals surface area contributed by atoms with Gasteiger partial charge in [-0.15, -0.1) is 0 Å². The fourth-order valence-electron chi connectivity index (χ4n) is 2.39. The van der Waals surface area contributed by atoms with Crippen molar-refractivity contribution in [2.75, 3.05) is 0 Å². The van der Waals surface area contributed by atoms with Gasteiger partial charge in [0.15, 0.2) is 0 Å². The first kappa shape index (κ1) is 12.5. The number of hydrogen-bond donors (Lipinski definition) is 2. The second kappa shape index (κ2) is 6.83. The quantitative estimate of drug-likeness (QED) is 0.748. The van der Waals surface area contributed by atoms with Crippen LogP contribution >= 0.6 is 0 Å². The van der Waals surface area contributed by atoms with Crippen LogP contribution in [0.1, 0.15) is 58.3 Å². The van der Waals surface area contributed by atoms with Gasteiger partial charge in [0.25, 0.3) is 0 Å². The molecule has 0 bridgehead atoms. The first-order valence-corrected chi connectivity index (χ1v) is 6.23. The monoisotopic (exact) mass is 212 g/mol. The molecule has 3 N–H and O–H groups in total. The summed E-state index contributed by atoms with van der Waals surface area (Å²) in [5.41, 5.74) is 5.18. The van der Waals surface area contributed by atoms with E-state index in [0.29, 0.717) is 12.5 Å². The largest absolute Gasteiger partial charge is 0.370 e. The van der Waals surface area contributed by atoms with Crippen LogP contribution in [0.5, 0.6) is 0 Å². The number of carbonyl (C=O) groups is 1. The normalized spacial score (nSPS) is 21.7. The fourth-order valence-corrected chi connectivity index (χ4v) is 2.39. The highest BCUT2D eigenvalue weighted by molar-refractivity contribution is 5.74. The first-order valence-electron chi connectivity index (χ1n) is 6.23. The minimum absolute atomic E-state index is 0.208. The highest BCUT2D eigenvalue weighted by Gasteiger charge is 2.14.